The van der Waals surface area contributed by atoms with Gasteiger partial charge in [0.1, 0.15) is 0 Å². The van der Waals surface area contributed by atoms with Crippen LogP contribution >= 0.6 is 0 Å². The first-order chi connectivity index (χ1) is 7.31. The lowest BCUT2D eigenvalue weighted by molar-refractivity contribution is 1.12. The van der Waals surface area contributed by atoms with Crippen LogP contribution in [0.3, 0.4) is 0 Å². The van der Waals surface area contributed by atoms with E-state index in [2.05, 4.69) is 16.5 Å². The van der Waals surface area contributed by atoms with Crippen LogP contribution in [0, 0.1) is 6.92 Å². The summed E-state index contributed by atoms with van der Waals surface area (Å²) in [6.07, 6.45) is 5.24. The van der Waals surface area contributed by atoms with Crippen LogP contribution in [0.4, 0.5) is 0 Å². The molecule has 2 nitrogen and oxygen atoms in total. The second kappa shape index (κ2) is 4.05. The molecule has 0 unspecified atom stereocenters. The second-order valence-corrected chi connectivity index (χ2v) is 3.32. The average Bonchev–Trinajstić information content (AvgIpc) is 2.30. The minimum Gasteiger partial charge on any atom is -0.258 e. The molecule has 15 heavy (non-hydrogen) atoms. The minimum atomic E-state index is 0.938. The van der Waals surface area contributed by atoms with Gasteiger partial charge >= 0.3 is 0 Å². The van der Waals surface area contributed by atoms with Gasteiger partial charge in [0.2, 0.25) is 0 Å². The molecule has 0 aliphatic carbocycles. The van der Waals surface area contributed by atoms with E-state index in [1.54, 1.807) is 12.4 Å². The first-order valence-electron chi connectivity index (χ1n) is 4.82. The molecule has 0 saturated heterocycles. The molecule has 2 aromatic rings. The fourth-order valence-corrected chi connectivity index (χ4v) is 1.47. The molecule has 0 bridgehead atoms. The minimum absolute atomic E-state index is 0.938. The number of aryl methyl sites for hydroxylation is 1. The van der Waals surface area contributed by atoms with E-state index in [-0.39, 0.29) is 0 Å². The number of benzene rings is 1. The Labute approximate surface area is 89.3 Å². The average molecular weight is 196 g/mol. The van der Waals surface area contributed by atoms with Gasteiger partial charge in [-0.25, -0.2) is 0 Å². The van der Waals surface area contributed by atoms with Crippen LogP contribution < -0.4 is 0 Å². The topological polar surface area (TPSA) is 25.8 Å². The van der Waals surface area contributed by atoms with Crippen LogP contribution in [0.1, 0.15) is 11.3 Å². The standard InChI is InChI=1S/C13H12N2/c1-3-11-4-6-12(7-5-11)13-10(2)14-8-9-15-13/h3-9H,1H2,2H3. The molecule has 2 heteroatoms. The van der Waals surface area contributed by atoms with Crippen molar-refractivity contribution in [3.05, 3.63) is 54.5 Å². The molecule has 0 fully saturated rings. The second-order valence-electron chi connectivity index (χ2n) is 3.32. The van der Waals surface area contributed by atoms with E-state index in [0.717, 1.165) is 22.5 Å². The summed E-state index contributed by atoms with van der Waals surface area (Å²) in [7, 11) is 0. The first kappa shape index (κ1) is 9.59. The maximum absolute atomic E-state index is 4.32. The highest BCUT2D eigenvalue weighted by Gasteiger charge is 2.02. The van der Waals surface area contributed by atoms with E-state index >= 15 is 0 Å². The van der Waals surface area contributed by atoms with Crippen LogP contribution in [0.25, 0.3) is 17.3 Å². The quantitative estimate of drug-likeness (QED) is 0.737. The summed E-state index contributed by atoms with van der Waals surface area (Å²) in [6.45, 7) is 5.68. The molecule has 0 aliphatic heterocycles. The third-order valence-corrected chi connectivity index (χ3v) is 2.30. The Kier molecular flexibility index (Phi) is 2.59. The van der Waals surface area contributed by atoms with Crippen molar-refractivity contribution in [2.75, 3.05) is 0 Å². The molecule has 2 rings (SSSR count). The summed E-state index contributed by atoms with van der Waals surface area (Å²) >= 11 is 0. The van der Waals surface area contributed by atoms with Crippen molar-refractivity contribution in [2.24, 2.45) is 0 Å². The summed E-state index contributed by atoms with van der Waals surface area (Å²) in [4.78, 5) is 8.53. The fraction of sp³-hybridized carbons (Fsp3) is 0.0769. The van der Waals surface area contributed by atoms with Crippen LogP contribution in [-0.2, 0) is 0 Å². The van der Waals surface area contributed by atoms with Gasteiger partial charge in [-0.2, -0.15) is 0 Å². The molecule has 0 amide bonds. The maximum atomic E-state index is 4.32. The van der Waals surface area contributed by atoms with Crippen molar-refractivity contribution in [3.8, 4) is 11.3 Å². The third-order valence-electron chi connectivity index (χ3n) is 2.30. The van der Waals surface area contributed by atoms with Crippen LogP contribution in [0.2, 0.25) is 0 Å². The van der Waals surface area contributed by atoms with Crippen LogP contribution in [-0.4, -0.2) is 9.97 Å². The molecular weight excluding hydrogens is 184 g/mol. The zero-order chi connectivity index (χ0) is 10.7. The van der Waals surface area contributed by atoms with Crippen LogP contribution in [0.15, 0.2) is 43.2 Å². The van der Waals surface area contributed by atoms with Crippen molar-refractivity contribution < 1.29 is 0 Å². The lowest BCUT2D eigenvalue weighted by Gasteiger charge is -2.03. The van der Waals surface area contributed by atoms with Gasteiger partial charge in [-0.15, -0.1) is 0 Å². The van der Waals surface area contributed by atoms with Gasteiger partial charge in [0.05, 0.1) is 11.4 Å². The van der Waals surface area contributed by atoms with Crippen LogP contribution in [0.5, 0.6) is 0 Å². The van der Waals surface area contributed by atoms with Crippen molar-refractivity contribution in [3.63, 3.8) is 0 Å². The van der Waals surface area contributed by atoms with Crippen molar-refractivity contribution in [2.45, 2.75) is 6.92 Å². The third kappa shape index (κ3) is 1.94. The number of hydrogen-bond acceptors (Lipinski definition) is 2. The summed E-state index contributed by atoms with van der Waals surface area (Å²) in [5.41, 5.74) is 4.09. The lowest BCUT2D eigenvalue weighted by Crippen LogP contribution is -1.90. The van der Waals surface area contributed by atoms with E-state index in [4.69, 9.17) is 0 Å². The first-order valence-corrected chi connectivity index (χ1v) is 4.82. The Bertz CT molecular complexity index is 472. The molecular formula is C13H12N2. The molecule has 1 aromatic heterocycles. The van der Waals surface area contributed by atoms with Crippen molar-refractivity contribution >= 4 is 6.08 Å². The Balaban J connectivity index is 2.46. The molecule has 0 aliphatic rings. The predicted octanol–water partition coefficient (Wildman–Crippen LogP) is 3.10. The van der Waals surface area contributed by atoms with Crippen molar-refractivity contribution in [1.82, 2.24) is 9.97 Å². The lowest BCUT2D eigenvalue weighted by atomic mass is 10.1. The summed E-state index contributed by atoms with van der Waals surface area (Å²) < 4.78 is 0. The smallest absolute Gasteiger partial charge is 0.0914 e. The van der Waals surface area contributed by atoms with E-state index in [1.807, 2.05) is 37.3 Å². The molecule has 0 spiro atoms. The number of rotatable bonds is 2. The summed E-state index contributed by atoms with van der Waals surface area (Å²) in [6, 6.07) is 8.12. The molecule has 0 N–H and O–H groups in total. The Morgan fingerprint density at radius 2 is 1.73 bits per heavy atom. The van der Waals surface area contributed by atoms with Gasteiger partial charge in [-0.05, 0) is 12.5 Å². The van der Waals surface area contributed by atoms with E-state index in [9.17, 15) is 0 Å². The van der Waals surface area contributed by atoms with Gasteiger partial charge in [0, 0.05) is 18.0 Å². The molecule has 1 heterocycles. The molecule has 0 saturated carbocycles. The van der Waals surface area contributed by atoms with E-state index < -0.39 is 0 Å². The largest absolute Gasteiger partial charge is 0.258 e. The fourth-order valence-electron chi connectivity index (χ4n) is 1.47. The highest BCUT2D eigenvalue weighted by molar-refractivity contribution is 5.63. The zero-order valence-electron chi connectivity index (χ0n) is 8.64. The monoisotopic (exact) mass is 196 g/mol. The number of aromatic nitrogens is 2. The molecule has 1 aromatic carbocycles. The summed E-state index contributed by atoms with van der Waals surface area (Å²) in [5.74, 6) is 0. The molecule has 74 valence electrons. The highest BCUT2D eigenvalue weighted by Crippen LogP contribution is 2.19. The van der Waals surface area contributed by atoms with Crippen molar-refractivity contribution in [1.29, 1.82) is 0 Å². The van der Waals surface area contributed by atoms with E-state index in [1.165, 1.54) is 0 Å². The van der Waals surface area contributed by atoms with Gasteiger partial charge in [-0.3, -0.25) is 9.97 Å². The Morgan fingerprint density at radius 1 is 1.07 bits per heavy atom. The van der Waals surface area contributed by atoms with Gasteiger partial charge in [-0.1, -0.05) is 36.9 Å². The maximum Gasteiger partial charge on any atom is 0.0914 e. The Hall–Kier alpha value is -1.96. The number of nitrogens with zero attached hydrogens (tertiary/aromatic N) is 2. The predicted molar refractivity (Wildman–Crippen MR) is 62.3 cm³/mol. The highest BCUT2D eigenvalue weighted by atomic mass is 14.8. The van der Waals surface area contributed by atoms with Gasteiger partial charge < -0.3 is 0 Å². The van der Waals surface area contributed by atoms with Gasteiger partial charge in [0.15, 0.2) is 0 Å². The zero-order valence-corrected chi connectivity index (χ0v) is 8.64. The Morgan fingerprint density at radius 3 is 2.33 bits per heavy atom. The number of hydrogen-bond donors (Lipinski definition) is 0. The molecule has 0 radical (unpaired) electrons. The van der Waals surface area contributed by atoms with E-state index in [0.29, 0.717) is 0 Å². The molecule has 0 atom stereocenters. The SMILES string of the molecule is C=Cc1ccc(-c2nccnc2C)cc1. The summed E-state index contributed by atoms with van der Waals surface area (Å²) in [5, 5.41) is 0. The van der Waals surface area contributed by atoms with Gasteiger partial charge in [0.25, 0.3) is 0 Å². The normalized spacial score (nSPS) is 9.93.